The van der Waals surface area contributed by atoms with Crippen LogP contribution in [0, 0.1) is 0 Å². The summed E-state index contributed by atoms with van der Waals surface area (Å²) in [6, 6.07) is 12.7. The fraction of sp³-hybridized carbons (Fsp3) is 0.235. The van der Waals surface area contributed by atoms with Gasteiger partial charge < -0.3 is 14.8 Å². The number of para-hydroxylation sites is 1. The van der Waals surface area contributed by atoms with Gasteiger partial charge in [-0.25, -0.2) is 0 Å². The first-order chi connectivity index (χ1) is 10.6. The van der Waals surface area contributed by atoms with Crippen LogP contribution in [0.15, 0.2) is 46.9 Å². The summed E-state index contributed by atoms with van der Waals surface area (Å²) in [6.07, 6.45) is 0. The Morgan fingerprint density at radius 2 is 1.86 bits per heavy atom. The normalized spacial score (nSPS) is 11.6. The van der Waals surface area contributed by atoms with Crippen LogP contribution in [0.2, 0.25) is 0 Å². The maximum absolute atomic E-state index is 12.5. The maximum atomic E-state index is 12.5. The molecule has 2 aromatic rings. The molecule has 0 aliphatic heterocycles. The molecule has 0 spiro atoms. The van der Waals surface area contributed by atoms with E-state index in [9.17, 15) is 4.79 Å². The second-order valence-corrected chi connectivity index (χ2v) is 5.64. The van der Waals surface area contributed by atoms with Gasteiger partial charge in [0.25, 0.3) is 5.91 Å². The van der Waals surface area contributed by atoms with Crippen molar-refractivity contribution in [2.24, 2.45) is 0 Å². The molecule has 0 fully saturated rings. The number of hydrogen-bond acceptors (Lipinski definition) is 3. The number of benzene rings is 2. The molecule has 0 aliphatic rings. The molecule has 0 aliphatic carbocycles. The molecule has 2 rings (SSSR count). The molecule has 0 saturated heterocycles. The summed E-state index contributed by atoms with van der Waals surface area (Å²) in [6.45, 7) is 1.92. The number of carbonyl (C=O) groups excluding carboxylic acids is 1. The number of carbonyl (C=O) groups is 1. The highest BCUT2D eigenvalue weighted by Gasteiger charge is 2.17. The minimum Gasteiger partial charge on any atom is -0.497 e. The molecule has 22 heavy (non-hydrogen) atoms. The first-order valence-electron chi connectivity index (χ1n) is 6.84. The second kappa shape index (κ2) is 7.31. The number of halogens is 1. The molecular formula is C17H18BrNO3. The molecule has 1 N–H and O–H groups in total. The summed E-state index contributed by atoms with van der Waals surface area (Å²) in [5, 5.41) is 2.97. The number of ether oxygens (including phenoxy) is 2. The number of nitrogens with one attached hydrogen (secondary N) is 1. The van der Waals surface area contributed by atoms with Crippen molar-refractivity contribution in [3.8, 4) is 11.5 Å². The number of hydrogen-bond donors (Lipinski definition) is 1. The van der Waals surface area contributed by atoms with E-state index in [1.807, 2.05) is 31.2 Å². The van der Waals surface area contributed by atoms with Crippen LogP contribution in [-0.4, -0.2) is 20.1 Å². The molecule has 0 aromatic heterocycles. The van der Waals surface area contributed by atoms with Gasteiger partial charge in [0.2, 0.25) is 0 Å². The lowest BCUT2D eigenvalue weighted by atomic mass is 10.1. The quantitative estimate of drug-likeness (QED) is 0.874. The largest absolute Gasteiger partial charge is 0.497 e. The summed E-state index contributed by atoms with van der Waals surface area (Å²) >= 11 is 3.39. The van der Waals surface area contributed by atoms with Crippen molar-refractivity contribution in [1.82, 2.24) is 5.32 Å². The molecule has 116 valence electrons. The molecule has 0 heterocycles. The van der Waals surface area contributed by atoms with Crippen molar-refractivity contribution in [2.75, 3.05) is 14.2 Å². The Hall–Kier alpha value is -2.01. The SMILES string of the molecule is COc1ccc(Br)c(C(=O)NC(C)c2ccccc2OC)c1. The molecule has 0 radical (unpaired) electrons. The van der Waals surface area contributed by atoms with Crippen LogP contribution >= 0.6 is 15.9 Å². The van der Waals surface area contributed by atoms with E-state index in [1.165, 1.54) is 0 Å². The molecule has 1 amide bonds. The fourth-order valence-corrected chi connectivity index (χ4v) is 2.61. The summed E-state index contributed by atoms with van der Waals surface area (Å²) in [5.74, 6) is 1.21. The molecule has 4 nitrogen and oxygen atoms in total. The van der Waals surface area contributed by atoms with Crippen molar-refractivity contribution in [3.05, 3.63) is 58.1 Å². The van der Waals surface area contributed by atoms with E-state index in [2.05, 4.69) is 21.2 Å². The van der Waals surface area contributed by atoms with Crippen molar-refractivity contribution < 1.29 is 14.3 Å². The Morgan fingerprint density at radius 1 is 1.14 bits per heavy atom. The zero-order chi connectivity index (χ0) is 16.1. The van der Waals surface area contributed by atoms with Crippen LogP contribution in [0.1, 0.15) is 28.9 Å². The zero-order valence-electron chi connectivity index (χ0n) is 12.7. The van der Waals surface area contributed by atoms with Gasteiger partial charge in [0, 0.05) is 10.0 Å². The van der Waals surface area contributed by atoms with Crippen LogP contribution in [0.25, 0.3) is 0 Å². The van der Waals surface area contributed by atoms with Gasteiger partial charge in [-0.1, -0.05) is 18.2 Å². The first kappa shape index (κ1) is 16.4. The molecule has 1 unspecified atom stereocenters. The van der Waals surface area contributed by atoms with E-state index >= 15 is 0 Å². The van der Waals surface area contributed by atoms with E-state index in [-0.39, 0.29) is 11.9 Å². The van der Waals surface area contributed by atoms with Gasteiger partial charge in [-0.05, 0) is 47.1 Å². The monoisotopic (exact) mass is 363 g/mol. The van der Waals surface area contributed by atoms with Crippen molar-refractivity contribution in [1.29, 1.82) is 0 Å². The lowest BCUT2D eigenvalue weighted by molar-refractivity contribution is 0.0938. The van der Waals surface area contributed by atoms with Crippen LogP contribution in [0.3, 0.4) is 0 Å². The molecule has 0 saturated carbocycles. The summed E-state index contributed by atoms with van der Waals surface area (Å²) in [5.41, 5.74) is 1.46. The Labute approximate surface area is 138 Å². The third-order valence-electron chi connectivity index (χ3n) is 3.37. The van der Waals surface area contributed by atoms with Gasteiger partial charge >= 0.3 is 0 Å². The van der Waals surface area contributed by atoms with Crippen LogP contribution in [0.4, 0.5) is 0 Å². The van der Waals surface area contributed by atoms with Gasteiger partial charge in [0.05, 0.1) is 25.8 Å². The summed E-state index contributed by atoms with van der Waals surface area (Å²) in [4.78, 5) is 12.5. The summed E-state index contributed by atoms with van der Waals surface area (Å²) in [7, 11) is 3.19. The first-order valence-corrected chi connectivity index (χ1v) is 7.63. The Balaban J connectivity index is 2.21. The van der Waals surface area contributed by atoms with Gasteiger partial charge in [0.1, 0.15) is 11.5 Å². The van der Waals surface area contributed by atoms with Crippen LogP contribution in [-0.2, 0) is 0 Å². The minimum atomic E-state index is -0.179. The zero-order valence-corrected chi connectivity index (χ0v) is 14.3. The molecule has 5 heteroatoms. The second-order valence-electron chi connectivity index (χ2n) is 4.78. The van der Waals surface area contributed by atoms with Crippen molar-refractivity contribution >= 4 is 21.8 Å². The predicted molar refractivity (Wildman–Crippen MR) is 89.6 cm³/mol. The highest BCUT2D eigenvalue weighted by molar-refractivity contribution is 9.10. The predicted octanol–water partition coefficient (Wildman–Crippen LogP) is 3.96. The maximum Gasteiger partial charge on any atom is 0.253 e. The minimum absolute atomic E-state index is 0.177. The number of rotatable bonds is 5. The molecule has 1 atom stereocenters. The van der Waals surface area contributed by atoms with Gasteiger partial charge in [0.15, 0.2) is 0 Å². The van der Waals surface area contributed by atoms with Gasteiger partial charge in [-0.3, -0.25) is 4.79 Å². The Morgan fingerprint density at radius 3 is 2.55 bits per heavy atom. The fourth-order valence-electron chi connectivity index (χ4n) is 2.18. The molecular weight excluding hydrogens is 346 g/mol. The van der Waals surface area contributed by atoms with E-state index in [0.717, 1.165) is 15.8 Å². The number of amides is 1. The highest BCUT2D eigenvalue weighted by Crippen LogP contribution is 2.26. The lowest BCUT2D eigenvalue weighted by Crippen LogP contribution is -2.27. The average Bonchev–Trinajstić information content (AvgIpc) is 2.55. The topological polar surface area (TPSA) is 47.6 Å². The Kier molecular flexibility index (Phi) is 5.44. The molecule has 0 bridgehead atoms. The number of methoxy groups -OCH3 is 2. The van der Waals surface area contributed by atoms with Crippen molar-refractivity contribution in [3.63, 3.8) is 0 Å². The third kappa shape index (κ3) is 3.60. The van der Waals surface area contributed by atoms with Crippen LogP contribution < -0.4 is 14.8 Å². The van der Waals surface area contributed by atoms with Gasteiger partial charge in [-0.15, -0.1) is 0 Å². The third-order valence-corrected chi connectivity index (χ3v) is 4.06. The smallest absolute Gasteiger partial charge is 0.253 e. The highest BCUT2D eigenvalue weighted by atomic mass is 79.9. The summed E-state index contributed by atoms with van der Waals surface area (Å²) < 4.78 is 11.2. The van der Waals surface area contributed by atoms with Crippen molar-refractivity contribution in [2.45, 2.75) is 13.0 Å². The van der Waals surface area contributed by atoms with Gasteiger partial charge in [-0.2, -0.15) is 0 Å². The van der Waals surface area contributed by atoms with Crippen LogP contribution in [0.5, 0.6) is 11.5 Å². The lowest BCUT2D eigenvalue weighted by Gasteiger charge is -2.18. The Bertz CT molecular complexity index is 673. The average molecular weight is 364 g/mol. The van der Waals surface area contributed by atoms with E-state index < -0.39 is 0 Å². The van der Waals surface area contributed by atoms with E-state index in [4.69, 9.17) is 9.47 Å². The molecule has 2 aromatic carbocycles. The van der Waals surface area contributed by atoms with E-state index in [0.29, 0.717) is 11.3 Å². The standard InChI is InChI=1S/C17H18BrNO3/c1-11(13-6-4-5-7-16(13)22-3)19-17(20)14-10-12(21-2)8-9-15(14)18/h4-11H,1-3H3,(H,19,20). The van der Waals surface area contributed by atoms with E-state index in [1.54, 1.807) is 32.4 Å².